The monoisotopic (exact) mass is 260 g/mol. The normalized spacial score (nSPS) is 22.4. The van der Waals surface area contributed by atoms with Gasteiger partial charge in [-0.3, -0.25) is 0 Å². The summed E-state index contributed by atoms with van der Waals surface area (Å²) in [4.78, 5) is 0. The Bertz CT molecular complexity index is 197. The highest BCUT2D eigenvalue weighted by Gasteiger charge is 2.29. The first-order chi connectivity index (χ1) is 8.20. The fourth-order valence-corrected chi connectivity index (χ4v) is 3.95. The van der Waals surface area contributed by atoms with Crippen LogP contribution in [0.3, 0.4) is 0 Å². The van der Waals surface area contributed by atoms with Gasteiger partial charge in [-0.1, -0.05) is 32.6 Å². The van der Waals surface area contributed by atoms with Gasteiger partial charge in [-0.15, -0.1) is 0 Å². The lowest BCUT2D eigenvalue weighted by Crippen LogP contribution is -2.37. The standard InChI is InChI=1S/C13H28O3Si/c1-4-10-16-17(3,14-2)11-8-6-5-7-9-13-12-15-13/h13H,4-12H2,1-3H3. The molecule has 0 aromatic rings. The molecule has 0 amide bonds. The van der Waals surface area contributed by atoms with E-state index in [9.17, 15) is 0 Å². The van der Waals surface area contributed by atoms with Crippen LogP contribution in [0.25, 0.3) is 0 Å². The third-order valence-corrected chi connectivity index (χ3v) is 6.29. The second-order valence-corrected chi connectivity index (χ2v) is 8.56. The second-order valence-electron chi connectivity index (χ2n) is 5.09. The zero-order valence-electron chi connectivity index (χ0n) is 11.7. The van der Waals surface area contributed by atoms with E-state index < -0.39 is 8.56 Å². The van der Waals surface area contributed by atoms with Gasteiger partial charge in [-0.2, -0.15) is 0 Å². The third-order valence-electron chi connectivity index (χ3n) is 3.35. The molecule has 1 fully saturated rings. The van der Waals surface area contributed by atoms with Gasteiger partial charge >= 0.3 is 8.56 Å². The van der Waals surface area contributed by atoms with E-state index in [1.807, 2.05) is 0 Å². The summed E-state index contributed by atoms with van der Waals surface area (Å²) < 4.78 is 16.7. The van der Waals surface area contributed by atoms with Crippen LogP contribution in [-0.2, 0) is 13.6 Å². The minimum absolute atomic E-state index is 0.599. The molecule has 0 bridgehead atoms. The number of unbranched alkanes of at least 4 members (excludes halogenated alkanes) is 3. The second kappa shape index (κ2) is 8.24. The van der Waals surface area contributed by atoms with Crippen molar-refractivity contribution in [1.29, 1.82) is 0 Å². The molecular formula is C13H28O3Si. The van der Waals surface area contributed by atoms with Gasteiger partial charge in [0.15, 0.2) is 0 Å². The zero-order valence-corrected chi connectivity index (χ0v) is 12.7. The summed E-state index contributed by atoms with van der Waals surface area (Å²) in [7, 11) is -0.0408. The molecule has 0 aliphatic carbocycles. The molecule has 1 aliphatic heterocycles. The zero-order chi connectivity index (χ0) is 12.6. The molecule has 1 heterocycles. The maximum absolute atomic E-state index is 5.88. The minimum atomic E-state index is -1.84. The number of hydrogen-bond acceptors (Lipinski definition) is 3. The average molecular weight is 260 g/mol. The first kappa shape index (κ1) is 15.2. The van der Waals surface area contributed by atoms with Crippen LogP contribution in [-0.4, -0.2) is 35.0 Å². The van der Waals surface area contributed by atoms with Crippen LogP contribution in [0, 0.1) is 0 Å². The maximum Gasteiger partial charge on any atom is 0.334 e. The molecule has 2 atom stereocenters. The van der Waals surface area contributed by atoms with Gasteiger partial charge in [-0.05, 0) is 25.4 Å². The number of rotatable bonds is 11. The van der Waals surface area contributed by atoms with Crippen molar-refractivity contribution in [1.82, 2.24) is 0 Å². The predicted octanol–water partition coefficient (Wildman–Crippen LogP) is 3.48. The van der Waals surface area contributed by atoms with E-state index in [4.69, 9.17) is 13.6 Å². The van der Waals surface area contributed by atoms with Crippen LogP contribution in [0.5, 0.6) is 0 Å². The fraction of sp³-hybridized carbons (Fsp3) is 1.00. The molecule has 2 unspecified atom stereocenters. The topological polar surface area (TPSA) is 31.0 Å². The molecule has 102 valence electrons. The Balaban J connectivity index is 1.97. The van der Waals surface area contributed by atoms with Crippen LogP contribution < -0.4 is 0 Å². The highest BCUT2D eigenvalue weighted by atomic mass is 28.4. The first-order valence-corrected chi connectivity index (χ1v) is 9.53. The number of epoxide rings is 1. The summed E-state index contributed by atoms with van der Waals surface area (Å²) in [5.74, 6) is 0. The molecule has 4 heteroatoms. The van der Waals surface area contributed by atoms with Gasteiger partial charge < -0.3 is 13.6 Å². The Morgan fingerprint density at radius 3 is 2.53 bits per heavy atom. The lowest BCUT2D eigenvalue weighted by molar-refractivity contribution is 0.203. The summed E-state index contributed by atoms with van der Waals surface area (Å²) in [6.45, 7) is 6.17. The van der Waals surface area contributed by atoms with Crippen molar-refractivity contribution in [3.63, 3.8) is 0 Å². The number of ether oxygens (including phenoxy) is 1. The fourth-order valence-electron chi connectivity index (χ4n) is 1.96. The summed E-state index contributed by atoms with van der Waals surface area (Å²) in [6, 6.07) is 1.13. The molecule has 17 heavy (non-hydrogen) atoms. The summed E-state index contributed by atoms with van der Waals surface area (Å²) in [6.07, 6.45) is 8.10. The molecule has 1 aliphatic rings. The minimum Gasteiger partial charge on any atom is -0.398 e. The van der Waals surface area contributed by atoms with Gasteiger partial charge in [0.25, 0.3) is 0 Å². The Hall–Kier alpha value is 0.0969. The molecule has 0 N–H and O–H groups in total. The molecule has 0 aromatic carbocycles. The first-order valence-electron chi connectivity index (χ1n) is 7.01. The van der Waals surface area contributed by atoms with Crippen molar-refractivity contribution in [2.45, 2.75) is 64.1 Å². The summed E-state index contributed by atoms with van der Waals surface area (Å²) in [5.41, 5.74) is 0. The Morgan fingerprint density at radius 1 is 1.24 bits per heavy atom. The molecule has 0 saturated carbocycles. The van der Waals surface area contributed by atoms with Crippen molar-refractivity contribution in [2.24, 2.45) is 0 Å². The van der Waals surface area contributed by atoms with Crippen molar-refractivity contribution in [3.8, 4) is 0 Å². The van der Waals surface area contributed by atoms with Crippen LogP contribution >= 0.6 is 0 Å². The summed E-state index contributed by atoms with van der Waals surface area (Å²) >= 11 is 0. The van der Waals surface area contributed by atoms with E-state index in [2.05, 4.69) is 13.5 Å². The maximum atomic E-state index is 5.88. The van der Waals surface area contributed by atoms with Gasteiger partial charge in [0, 0.05) is 13.7 Å². The largest absolute Gasteiger partial charge is 0.398 e. The van der Waals surface area contributed by atoms with Crippen LogP contribution in [0.4, 0.5) is 0 Å². The molecule has 0 spiro atoms. The lowest BCUT2D eigenvalue weighted by Gasteiger charge is -2.24. The Kier molecular flexibility index (Phi) is 7.35. The van der Waals surface area contributed by atoms with Crippen molar-refractivity contribution in [3.05, 3.63) is 0 Å². The molecular weight excluding hydrogens is 232 g/mol. The summed E-state index contributed by atoms with van der Waals surface area (Å²) in [5, 5.41) is 0. The van der Waals surface area contributed by atoms with E-state index in [1.165, 1.54) is 32.1 Å². The van der Waals surface area contributed by atoms with Gasteiger partial charge in [0.1, 0.15) is 0 Å². The average Bonchev–Trinajstić information content (AvgIpc) is 3.15. The van der Waals surface area contributed by atoms with E-state index in [-0.39, 0.29) is 0 Å². The van der Waals surface area contributed by atoms with Crippen LogP contribution in [0.1, 0.15) is 45.4 Å². The van der Waals surface area contributed by atoms with Crippen LogP contribution in [0.15, 0.2) is 0 Å². The lowest BCUT2D eigenvalue weighted by atomic mass is 10.1. The van der Waals surface area contributed by atoms with E-state index in [0.717, 1.165) is 25.7 Å². The van der Waals surface area contributed by atoms with E-state index >= 15 is 0 Å². The third kappa shape index (κ3) is 7.19. The van der Waals surface area contributed by atoms with Gasteiger partial charge in [0.05, 0.1) is 12.7 Å². The quantitative estimate of drug-likeness (QED) is 0.324. The molecule has 3 nitrogen and oxygen atoms in total. The number of hydrogen-bond donors (Lipinski definition) is 0. The highest BCUT2D eigenvalue weighted by Crippen LogP contribution is 2.20. The molecule has 1 rings (SSSR count). The SMILES string of the molecule is CCCO[Si](C)(CCCCCCC1CO1)OC. The Labute approximate surface area is 107 Å². The molecule has 0 aromatic heterocycles. The highest BCUT2D eigenvalue weighted by molar-refractivity contribution is 6.65. The van der Waals surface area contributed by atoms with E-state index in [0.29, 0.717) is 6.10 Å². The van der Waals surface area contributed by atoms with Crippen molar-refractivity contribution < 1.29 is 13.6 Å². The Morgan fingerprint density at radius 2 is 1.94 bits per heavy atom. The van der Waals surface area contributed by atoms with Crippen molar-refractivity contribution >= 4 is 8.56 Å². The van der Waals surface area contributed by atoms with Gasteiger partial charge in [-0.25, -0.2) is 0 Å². The predicted molar refractivity (Wildman–Crippen MR) is 72.5 cm³/mol. The van der Waals surface area contributed by atoms with Crippen LogP contribution in [0.2, 0.25) is 12.6 Å². The smallest absolute Gasteiger partial charge is 0.334 e. The molecule has 0 radical (unpaired) electrons. The van der Waals surface area contributed by atoms with E-state index in [1.54, 1.807) is 7.11 Å². The van der Waals surface area contributed by atoms with Gasteiger partial charge in [0.2, 0.25) is 0 Å². The molecule has 1 saturated heterocycles. The van der Waals surface area contributed by atoms with Crippen molar-refractivity contribution in [2.75, 3.05) is 20.3 Å².